The quantitative estimate of drug-likeness (QED) is 0.727. The first-order valence-electron chi connectivity index (χ1n) is 7.04. The number of benzene rings is 1. The molecular formula is C16H14N2O4S2. The summed E-state index contributed by atoms with van der Waals surface area (Å²) in [6.45, 7) is 1.35. The Morgan fingerprint density at radius 1 is 1.25 bits per heavy atom. The molecule has 0 aliphatic rings. The zero-order valence-corrected chi connectivity index (χ0v) is 14.3. The predicted molar refractivity (Wildman–Crippen MR) is 92.6 cm³/mol. The van der Waals surface area contributed by atoms with Crippen LogP contribution in [0.4, 0.5) is 0 Å². The largest absolute Gasteiger partial charge is 0.480 e. The van der Waals surface area contributed by atoms with Crippen LogP contribution < -0.4 is 4.72 Å². The molecule has 2 N–H and O–H groups in total. The molecule has 0 saturated carbocycles. The van der Waals surface area contributed by atoms with Crippen molar-refractivity contribution < 1.29 is 18.3 Å². The van der Waals surface area contributed by atoms with Crippen molar-refractivity contribution in [3.05, 3.63) is 48.2 Å². The molecule has 0 aliphatic heterocycles. The Morgan fingerprint density at radius 3 is 2.79 bits per heavy atom. The summed E-state index contributed by atoms with van der Waals surface area (Å²) in [6, 6.07) is 10.9. The minimum Gasteiger partial charge on any atom is -0.480 e. The minimum absolute atomic E-state index is 0.0850. The fourth-order valence-corrected chi connectivity index (χ4v) is 4.61. The van der Waals surface area contributed by atoms with Crippen molar-refractivity contribution in [1.29, 1.82) is 0 Å². The van der Waals surface area contributed by atoms with Crippen LogP contribution in [-0.2, 0) is 14.8 Å². The van der Waals surface area contributed by atoms with Gasteiger partial charge >= 0.3 is 5.97 Å². The highest BCUT2D eigenvalue weighted by molar-refractivity contribution is 7.91. The van der Waals surface area contributed by atoms with Gasteiger partial charge in [0, 0.05) is 16.5 Å². The zero-order chi connectivity index (χ0) is 17.3. The summed E-state index contributed by atoms with van der Waals surface area (Å²) in [5, 5.41) is 9.61. The Labute approximate surface area is 142 Å². The van der Waals surface area contributed by atoms with E-state index in [2.05, 4.69) is 9.71 Å². The van der Waals surface area contributed by atoms with E-state index in [0.717, 1.165) is 38.2 Å². The number of hydrogen-bond acceptors (Lipinski definition) is 5. The summed E-state index contributed by atoms with van der Waals surface area (Å²) >= 11 is 1.10. The first-order chi connectivity index (χ1) is 11.4. The highest BCUT2D eigenvalue weighted by atomic mass is 32.2. The maximum absolute atomic E-state index is 12.1. The maximum Gasteiger partial charge on any atom is 0.318 e. The van der Waals surface area contributed by atoms with Gasteiger partial charge < -0.3 is 5.11 Å². The normalized spacial score (nSPS) is 11.7. The zero-order valence-electron chi connectivity index (χ0n) is 12.7. The molecule has 3 aromatic rings. The number of rotatable bonds is 5. The molecule has 0 radical (unpaired) electrons. The van der Waals surface area contributed by atoms with Crippen molar-refractivity contribution in [2.45, 2.75) is 11.1 Å². The van der Waals surface area contributed by atoms with Gasteiger partial charge in [-0.1, -0.05) is 6.07 Å². The molecule has 2 heterocycles. The van der Waals surface area contributed by atoms with Gasteiger partial charge in [-0.15, -0.1) is 11.3 Å². The van der Waals surface area contributed by atoms with Crippen molar-refractivity contribution in [3.8, 4) is 10.4 Å². The summed E-state index contributed by atoms with van der Waals surface area (Å²) in [7, 11) is -3.82. The number of carbonyl (C=O) groups is 1. The van der Waals surface area contributed by atoms with Crippen LogP contribution in [0.5, 0.6) is 0 Å². The average Bonchev–Trinajstić information content (AvgIpc) is 3.04. The van der Waals surface area contributed by atoms with Crippen LogP contribution in [0, 0.1) is 6.92 Å². The Kier molecular flexibility index (Phi) is 4.35. The second-order valence-corrected chi connectivity index (χ2v) is 8.27. The van der Waals surface area contributed by atoms with Gasteiger partial charge in [-0.05, 0) is 48.4 Å². The van der Waals surface area contributed by atoms with Gasteiger partial charge in [-0.3, -0.25) is 9.78 Å². The number of nitrogens with one attached hydrogen (secondary N) is 1. The van der Waals surface area contributed by atoms with Crippen LogP contribution in [0.1, 0.15) is 5.56 Å². The third-order valence-corrected chi connectivity index (χ3v) is 6.53. The van der Waals surface area contributed by atoms with Crippen molar-refractivity contribution in [2.75, 3.05) is 6.54 Å². The highest BCUT2D eigenvalue weighted by Gasteiger charge is 2.18. The first kappa shape index (κ1) is 16.6. The van der Waals surface area contributed by atoms with Crippen LogP contribution in [0.15, 0.2) is 46.8 Å². The molecule has 2 aromatic heterocycles. The van der Waals surface area contributed by atoms with E-state index in [-0.39, 0.29) is 4.21 Å². The highest BCUT2D eigenvalue weighted by Crippen LogP contribution is 2.32. The van der Waals surface area contributed by atoms with E-state index in [1.807, 2.05) is 31.2 Å². The lowest BCUT2D eigenvalue weighted by molar-refractivity contribution is -0.135. The lowest BCUT2D eigenvalue weighted by Crippen LogP contribution is -2.28. The molecule has 1 aromatic carbocycles. The molecule has 0 amide bonds. The standard InChI is InChI=1S/C16H14N2O4S2/c1-10-6-7-17-13-3-2-11(8-12(10)13)14-4-5-16(23-14)24(21,22)18-9-15(19)20/h2-8,18H,9H2,1H3,(H,19,20). The molecule has 6 nitrogen and oxygen atoms in total. The number of sulfonamides is 1. The van der Waals surface area contributed by atoms with Crippen LogP contribution >= 0.6 is 11.3 Å². The molecular weight excluding hydrogens is 348 g/mol. The fraction of sp³-hybridized carbons (Fsp3) is 0.125. The number of fused-ring (bicyclic) bond motifs is 1. The number of aryl methyl sites for hydroxylation is 1. The van der Waals surface area contributed by atoms with Gasteiger partial charge in [0.15, 0.2) is 0 Å². The van der Waals surface area contributed by atoms with Crippen LogP contribution in [0.2, 0.25) is 0 Å². The first-order valence-corrected chi connectivity index (χ1v) is 9.34. The van der Waals surface area contributed by atoms with E-state index >= 15 is 0 Å². The third-order valence-electron chi connectivity index (χ3n) is 3.50. The maximum atomic E-state index is 12.1. The second-order valence-electron chi connectivity index (χ2n) is 5.20. The van der Waals surface area contributed by atoms with E-state index in [1.165, 1.54) is 6.07 Å². The number of carboxylic acids is 1. The number of aromatic nitrogens is 1. The second kappa shape index (κ2) is 6.31. The van der Waals surface area contributed by atoms with Gasteiger partial charge in [0.25, 0.3) is 10.0 Å². The van der Waals surface area contributed by atoms with Gasteiger partial charge in [-0.2, -0.15) is 4.72 Å². The molecule has 3 rings (SSSR count). The van der Waals surface area contributed by atoms with E-state index in [9.17, 15) is 13.2 Å². The fourth-order valence-electron chi connectivity index (χ4n) is 2.28. The smallest absolute Gasteiger partial charge is 0.318 e. The van der Waals surface area contributed by atoms with Crippen LogP contribution in [-0.4, -0.2) is 31.0 Å². The SMILES string of the molecule is Cc1ccnc2ccc(-c3ccc(S(=O)(=O)NCC(=O)O)s3)cc12. The van der Waals surface area contributed by atoms with Crippen molar-refractivity contribution in [2.24, 2.45) is 0 Å². The molecule has 24 heavy (non-hydrogen) atoms. The summed E-state index contributed by atoms with van der Waals surface area (Å²) in [4.78, 5) is 15.6. The van der Waals surface area contributed by atoms with Crippen LogP contribution in [0.25, 0.3) is 21.3 Å². The van der Waals surface area contributed by atoms with Gasteiger partial charge in [-0.25, -0.2) is 8.42 Å². The average molecular weight is 362 g/mol. The van der Waals surface area contributed by atoms with E-state index in [1.54, 1.807) is 12.3 Å². The molecule has 0 atom stereocenters. The number of hydrogen-bond donors (Lipinski definition) is 2. The Balaban J connectivity index is 1.96. The molecule has 0 saturated heterocycles. The summed E-state index contributed by atoms with van der Waals surface area (Å²) in [6.07, 6.45) is 1.75. The molecule has 0 fully saturated rings. The monoisotopic (exact) mass is 362 g/mol. The molecule has 124 valence electrons. The van der Waals surface area contributed by atoms with Gasteiger partial charge in [0.05, 0.1) is 5.52 Å². The van der Waals surface area contributed by atoms with Crippen molar-refractivity contribution in [1.82, 2.24) is 9.71 Å². The minimum atomic E-state index is -3.82. The summed E-state index contributed by atoms with van der Waals surface area (Å²) in [5.74, 6) is -1.23. The van der Waals surface area contributed by atoms with E-state index < -0.39 is 22.5 Å². The van der Waals surface area contributed by atoms with Crippen molar-refractivity contribution in [3.63, 3.8) is 0 Å². The third kappa shape index (κ3) is 3.30. The lowest BCUT2D eigenvalue weighted by atomic mass is 10.1. The van der Waals surface area contributed by atoms with Gasteiger partial charge in [0.2, 0.25) is 0 Å². The van der Waals surface area contributed by atoms with Crippen molar-refractivity contribution >= 4 is 38.2 Å². The molecule has 8 heteroatoms. The molecule has 0 bridgehead atoms. The number of nitrogens with zero attached hydrogens (tertiary/aromatic N) is 1. The van der Waals surface area contributed by atoms with Gasteiger partial charge in [0.1, 0.15) is 10.8 Å². The molecule has 0 aliphatic carbocycles. The van der Waals surface area contributed by atoms with E-state index in [4.69, 9.17) is 5.11 Å². The summed E-state index contributed by atoms with van der Waals surface area (Å²) < 4.78 is 26.3. The molecule has 0 unspecified atom stereocenters. The number of pyridine rings is 1. The topological polar surface area (TPSA) is 96.4 Å². The number of aliphatic carboxylic acids is 1. The van der Waals surface area contributed by atoms with Crippen LogP contribution in [0.3, 0.4) is 0 Å². The Bertz CT molecular complexity index is 1030. The Morgan fingerprint density at radius 2 is 2.04 bits per heavy atom. The predicted octanol–water partition coefficient (Wildman–Crippen LogP) is 2.63. The summed E-state index contributed by atoms with van der Waals surface area (Å²) in [5.41, 5.74) is 2.86. The molecule has 0 spiro atoms. The Hall–Kier alpha value is -2.29. The lowest BCUT2D eigenvalue weighted by Gasteiger charge is -2.04. The van der Waals surface area contributed by atoms with E-state index in [0.29, 0.717) is 0 Å². The number of carboxylic acid groups (broad SMARTS) is 1. The number of thiophene rings is 1.